The fourth-order valence-corrected chi connectivity index (χ4v) is 4.42. The average molecular weight is 379 g/mol. The number of carbonyl (C=O) groups excluding carboxylic acids is 1. The summed E-state index contributed by atoms with van der Waals surface area (Å²) in [5.41, 5.74) is 3.83. The van der Waals surface area contributed by atoms with Gasteiger partial charge in [0.1, 0.15) is 5.69 Å². The van der Waals surface area contributed by atoms with Crippen molar-refractivity contribution in [3.63, 3.8) is 0 Å². The van der Waals surface area contributed by atoms with Gasteiger partial charge < -0.3 is 9.42 Å². The minimum absolute atomic E-state index is 0.143. The fraction of sp³-hybridized carbons (Fsp3) is 0.263. The summed E-state index contributed by atoms with van der Waals surface area (Å²) in [5.74, 6) is 0.765. The molecule has 0 fully saturated rings. The molecule has 1 aliphatic heterocycles. The van der Waals surface area contributed by atoms with E-state index in [1.165, 1.54) is 0 Å². The van der Waals surface area contributed by atoms with Crippen LogP contribution < -0.4 is 0 Å². The summed E-state index contributed by atoms with van der Waals surface area (Å²) in [4.78, 5) is 19.3. The van der Waals surface area contributed by atoms with Crippen molar-refractivity contribution in [2.75, 3.05) is 6.54 Å². The molecule has 0 atom stereocenters. The average Bonchev–Trinajstić information content (AvgIpc) is 3.43. The van der Waals surface area contributed by atoms with E-state index in [2.05, 4.69) is 26.4 Å². The number of para-hydroxylation sites is 1. The number of nitrogens with zero attached hydrogens (tertiary/aromatic N) is 4. The van der Waals surface area contributed by atoms with Crippen LogP contribution in [0.25, 0.3) is 21.7 Å². The van der Waals surface area contributed by atoms with Crippen LogP contribution in [0.5, 0.6) is 0 Å². The number of amides is 1. The topological polar surface area (TPSA) is 87.9 Å². The second kappa shape index (κ2) is 6.62. The zero-order valence-electron chi connectivity index (χ0n) is 14.5. The Morgan fingerprint density at radius 1 is 1.30 bits per heavy atom. The van der Waals surface area contributed by atoms with Gasteiger partial charge in [-0.15, -0.1) is 11.3 Å². The summed E-state index contributed by atoms with van der Waals surface area (Å²) in [5, 5.41) is 12.2. The molecular formula is C19H17N5O2S. The van der Waals surface area contributed by atoms with E-state index in [4.69, 9.17) is 4.52 Å². The molecule has 27 heavy (non-hydrogen) atoms. The number of aromatic nitrogens is 4. The van der Waals surface area contributed by atoms with Gasteiger partial charge in [0, 0.05) is 49.7 Å². The van der Waals surface area contributed by atoms with Crippen LogP contribution in [0, 0.1) is 0 Å². The van der Waals surface area contributed by atoms with E-state index in [9.17, 15) is 4.79 Å². The van der Waals surface area contributed by atoms with E-state index in [-0.39, 0.29) is 5.91 Å². The molecule has 136 valence electrons. The Kier molecular flexibility index (Phi) is 3.97. The number of hydrogen-bond donors (Lipinski definition) is 1. The van der Waals surface area contributed by atoms with Gasteiger partial charge in [-0.2, -0.15) is 5.10 Å². The minimum atomic E-state index is 0.143. The monoisotopic (exact) mass is 379 g/mol. The second-order valence-corrected chi connectivity index (χ2v) is 7.66. The number of thiazole rings is 1. The van der Waals surface area contributed by atoms with Gasteiger partial charge in [-0.05, 0) is 12.1 Å². The highest BCUT2D eigenvalue weighted by Gasteiger charge is 2.26. The fourth-order valence-electron chi connectivity index (χ4n) is 3.45. The molecule has 0 spiro atoms. The molecule has 8 heteroatoms. The Hall–Kier alpha value is -3.00. The van der Waals surface area contributed by atoms with E-state index >= 15 is 0 Å². The van der Waals surface area contributed by atoms with Crippen molar-refractivity contribution in [1.82, 2.24) is 25.2 Å². The van der Waals surface area contributed by atoms with Gasteiger partial charge in [0.15, 0.2) is 5.76 Å². The third kappa shape index (κ3) is 3.02. The highest BCUT2D eigenvalue weighted by molar-refractivity contribution is 7.18. The molecule has 1 N–H and O–H groups in total. The first-order chi connectivity index (χ1) is 13.3. The quantitative estimate of drug-likeness (QED) is 0.588. The molecule has 0 aliphatic carbocycles. The first-order valence-electron chi connectivity index (χ1n) is 8.87. The number of benzene rings is 1. The van der Waals surface area contributed by atoms with Gasteiger partial charge in [-0.25, -0.2) is 4.98 Å². The Bertz CT molecular complexity index is 1070. The van der Waals surface area contributed by atoms with E-state index < -0.39 is 0 Å². The highest BCUT2D eigenvalue weighted by Crippen LogP contribution is 2.29. The van der Waals surface area contributed by atoms with Crippen LogP contribution in [0.3, 0.4) is 0 Å². The lowest BCUT2D eigenvalue weighted by molar-refractivity contribution is -0.132. The standard InChI is InChI=1S/C19H17N5O2S/c25-18(6-5-17-21-14-3-1-2-4-16(14)27-17)24-10-8-13-12(11-24)19(23-22-13)15-7-9-20-26-15/h1-4,7,9H,5-6,8,10-11H2,(H,22,23). The third-order valence-corrected chi connectivity index (χ3v) is 5.94. The van der Waals surface area contributed by atoms with E-state index in [1.54, 1.807) is 23.6 Å². The van der Waals surface area contributed by atoms with Crippen LogP contribution >= 0.6 is 11.3 Å². The maximum absolute atomic E-state index is 12.8. The summed E-state index contributed by atoms with van der Waals surface area (Å²) < 4.78 is 6.40. The van der Waals surface area contributed by atoms with Crippen molar-refractivity contribution in [2.24, 2.45) is 0 Å². The lowest BCUT2D eigenvalue weighted by atomic mass is 10.0. The van der Waals surface area contributed by atoms with Crippen molar-refractivity contribution >= 4 is 27.5 Å². The first-order valence-corrected chi connectivity index (χ1v) is 9.69. The summed E-state index contributed by atoms with van der Waals surface area (Å²) in [6.45, 7) is 1.24. The Balaban J connectivity index is 1.28. The summed E-state index contributed by atoms with van der Waals surface area (Å²) >= 11 is 1.66. The van der Waals surface area contributed by atoms with Crippen molar-refractivity contribution in [1.29, 1.82) is 0 Å². The molecule has 4 heterocycles. The maximum atomic E-state index is 12.8. The molecule has 0 unspecified atom stereocenters. The molecule has 0 saturated carbocycles. The minimum Gasteiger partial charge on any atom is -0.355 e. The summed E-state index contributed by atoms with van der Waals surface area (Å²) in [7, 11) is 0. The zero-order chi connectivity index (χ0) is 18.2. The summed E-state index contributed by atoms with van der Waals surface area (Å²) in [6.07, 6.45) is 3.50. The number of rotatable bonds is 4. The predicted octanol–water partition coefficient (Wildman–Crippen LogP) is 3.19. The molecule has 0 bridgehead atoms. The van der Waals surface area contributed by atoms with Crippen LogP contribution in [0.1, 0.15) is 22.7 Å². The van der Waals surface area contributed by atoms with Gasteiger partial charge in [0.2, 0.25) is 5.91 Å². The maximum Gasteiger partial charge on any atom is 0.223 e. The number of hydrogen-bond acceptors (Lipinski definition) is 6. The molecule has 1 aliphatic rings. The lowest BCUT2D eigenvalue weighted by Gasteiger charge is -2.27. The first kappa shape index (κ1) is 16.2. The van der Waals surface area contributed by atoms with Crippen LogP contribution in [0.15, 0.2) is 41.1 Å². The SMILES string of the molecule is O=C(CCc1nc2ccccc2s1)N1CCc2[nH]nc(-c3ccno3)c2C1. The molecular weight excluding hydrogens is 362 g/mol. The number of aryl methyl sites for hydroxylation is 1. The molecule has 5 rings (SSSR count). The molecule has 7 nitrogen and oxygen atoms in total. The largest absolute Gasteiger partial charge is 0.355 e. The van der Waals surface area contributed by atoms with Crippen molar-refractivity contribution < 1.29 is 9.32 Å². The number of carbonyl (C=O) groups is 1. The molecule has 0 saturated heterocycles. The smallest absolute Gasteiger partial charge is 0.223 e. The van der Waals surface area contributed by atoms with Crippen molar-refractivity contribution in [3.8, 4) is 11.5 Å². The molecule has 3 aromatic heterocycles. The van der Waals surface area contributed by atoms with Crippen molar-refractivity contribution in [2.45, 2.75) is 25.8 Å². The van der Waals surface area contributed by atoms with Gasteiger partial charge in [-0.3, -0.25) is 9.89 Å². The van der Waals surface area contributed by atoms with Crippen LogP contribution in [-0.2, 0) is 24.2 Å². The third-order valence-electron chi connectivity index (χ3n) is 4.85. The molecule has 4 aromatic rings. The zero-order valence-corrected chi connectivity index (χ0v) is 15.3. The van der Waals surface area contributed by atoms with Crippen LogP contribution in [0.2, 0.25) is 0 Å². The van der Waals surface area contributed by atoms with Gasteiger partial charge in [0.25, 0.3) is 0 Å². The molecule has 0 radical (unpaired) electrons. The Labute approximate surface area is 159 Å². The number of H-pyrrole nitrogens is 1. The Morgan fingerprint density at radius 2 is 2.22 bits per heavy atom. The van der Waals surface area contributed by atoms with Gasteiger partial charge in [0.05, 0.1) is 21.4 Å². The van der Waals surface area contributed by atoms with Gasteiger partial charge in [-0.1, -0.05) is 17.3 Å². The van der Waals surface area contributed by atoms with Gasteiger partial charge >= 0.3 is 0 Å². The number of aromatic amines is 1. The number of nitrogens with one attached hydrogen (secondary N) is 1. The Morgan fingerprint density at radius 3 is 3.07 bits per heavy atom. The lowest BCUT2D eigenvalue weighted by Crippen LogP contribution is -2.36. The summed E-state index contributed by atoms with van der Waals surface area (Å²) in [6, 6.07) is 9.85. The number of fused-ring (bicyclic) bond motifs is 2. The van der Waals surface area contributed by atoms with E-state index in [0.717, 1.165) is 38.6 Å². The second-order valence-electron chi connectivity index (χ2n) is 6.55. The van der Waals surface area contributed by atoms with Crippen LogP contribution in [0.4, 0.5) is 0 Å². The highest BCUT2D eigenvalue weighted by atomic mass is 32.1. The van der Waals surface area contributed by atoms with E-state index in [0.29, 0.717) is 31.7 Å². The normalized spacial score (nSPS) is 13.9. The molecule has 1 aromatic carbocycles. The van der Waals surface area contributed by atoms with Crippen LogP contribution in [-0.4, -0.2) is 37.7 Å². The molecule has 1 amide bonds. The van der Waals surface area contributed by atoms with Crippen molar-refractivity contribution in [3.05, 3.63) is 52.8 Å². The van der Waals surface area contributed by atoms with E-state index in [1.807, 2.05) is 23.1 Å². The predicted molar refractivity (Wildman–Crippen MR) is 101 cm³/mol.